The second-order valence-corrected chi connectivity index (χ2v) is 4.19. The van der Waals surface area contributed by atoms with E-state index in [-0.39, 0.29) is 11.3 Å². The number of methoxy groups -OCH3 is 1. The fourth-order valence-electron chi connectivity index (χ4n) is 1.81. The van der Waals surface area contributed by atoms with Crippen LogP contribution in [0.1, 0.15) is 11.1 Å². The molecule has 0 amide bonds. The van der Waals surface area contributed by atoms with Crippen molar-refractivity contribution < 1.29 is 19.7 Å². The van der Waals surface area contributed by atoms with E-state index in [1.807, 2.05) is 0 Å². The first-order chi connectivity index (χ1) is 9.60. The summed E-state index contributed by atoms with van der Waals surface area (Å²) in [5.74, 6) is -0.313. The van der Waals surface area contributed by atoms with Crippen molar-refractivity contribution in [2.45, 2.75) is 0 Å². The molecule has 20 heavy (non-hydrogen) atoms. The highest BCUT2D eigenvalue weighted by atomic mass is 16.5. The number of ether oxygens (including phenoxy) is 1. The molecule has 0 radical (unpaired) electrons. The van der Waals surface area contributed by atoms with Gasteiger partial charge in [-0.3, -0.25) is 0 Å². The monoisotopic (exact) mass is 270 g/mol. The summed E-state index contributed by atoms with van der Waals surface area (Å²) in [4.78, 5) is 11.4. The van der Waals surface area contributed by atoms with Gasteiger partial charge in [-0.1, -0.05) is 24.3 Å². The number of carbonyl (C=O) groups is 1. The lowest BCUT2D eigenvalue weighted by molar-refractivity contribution is -0.130. The maximum Gasteiger partial charge on any atom is 0.336 e. The van der Waals surface area contributed by atoms with E-state index in [4.69, 9.17) is 4.74 Å². The molecule has 0 atom stereocenters. The van der Waals surface area contributed by atoms with E-state index in [1.165, 1.54) is 12.1 Å². The summed E-state index contributed by atoms with van der Waals surface area (Å²) < 4.78 is 5.05. The average Bonchev–Trinajstić information content (AvgIpc) is 2.45. The predicted molar refractivity (Wildman–Crippen MR) is 76.6 cm³/mol. The van der Waals surface area contributed by atoms with Gasteiger partial charge in [-0.25, -0.2) is 4.79 Å². The van der Waals surface area contributed by atoms with Crippen molar-refractivity contribution in [3.63, 3.8) is 0 Å². The highest BCUT2D eigenvalue weighted by Gasteiger charge is 2.11. The first-order valence-electron chi connectivity index (χ1n) is 5.98. The van der Waals surface area contributed by atoms with Crippen LogP contribution in [0.3, 0.4) is 0 Å². The van der Waals surface area contributed by atoms with Crippen molar-refractivity contribution in [1.29, 1.82) is 0 Å². The van der Waals surface area contributed by atoms with Gasteiger partial charge in [0.25, 0.3) is 0 Å². The van der Waals surface area contributed by atoms with Crippen LogP contribution < -0.4 is 4.74 Å². The van der Waals surface area contributed by atoms with Gasteiger partial charge in [0.2, 0.25) is 0 Å². The molecule has 2 aromatic rings. The molecule has 0 aliphatic carbocycles. The fourth-order valence-corrected chi connectivity index (χ4v) is 1.81. The van der Waals surface area contributed by atoms with Gasteiger partial charge >= 0.3 is 5.97 Å². The van der Waals surface area contributed by atoms with Crippen LogP contribution in [-0.2, 0) is 4.79 Å². The molecular formula is C16H14O4. The Hall–Kier alpha value is -2.75. The maximum absolute atomic E-state index is 11.4. The summed E-state index contributed by atoms with van der Waals surface area (Å²) in [6.45, 7) is 0. The van der Waals surface area contributed by atoms with Gasteiger partial charge in [0, 0.05) is 0 Å². The number of hydrogen-bond donors (Lipinski definition) is 2. The molecule has 2 N–H and O–H groups in total. The third kappa shape index (κ3) is 3.17. The minimum atomic E-state index is -1.05. The number of carboxylic acids is 1. The second-order valence-electron chi connectivity index (χ2n) is 4.19. The summed E-state index contributed by atoms with van der Waals surface area (Å²) in [6, 6.07) is 13.2. The molecule has 0 unspecified atom stereocenters. The number of phenolic OH excluding ortho intramolecular Hbond substituents is 1. The summed E-state index contributed by atoms with van der Waals surface area (Å²) in [5.41, 5.74) is 1.31. The third-order valence-electron chi connectivity index (χ3n) is 2.81. The lowest BCUT2D eigenvalue weighted by Crippen LogP contribution is -1.99. The molecule has 2 aromatic carbocycles. The molecule has 0 fully saturated rings. The van der Waals surface area contributed by atoms with Gasteiger partial charge < -0.3 is 14.9 Å². The van der Waals surface area contributed by atoms with Crippen LogP contribution in [0.2, 0.25) is 0 Å². The highest BCUT2D eigenvalue weighted by molar-refractivity contribution is 6.20. The van der Waals surface area contributed by atoms with Crippen LogP contribution in [0, 0.1) is 0 Å². The molecule has 4 heteroatoms. The Morgan fingerprint density at radius 2 is 1.85 bits per heavy atom. The standard InChI is InChI=1S/C16H14O4/c1-20-14-7-5-11(6-8-14)9-15(16(18)19)12-3-2-4-13(17)10-12/h2-10,17H,1H3,(H,18,19)/b15-9-. The van der Waals surface area contributed by atoms with Gasteiger partial charge in [0.1, 0.15) is 11.5 Å². The minimum absolute atomic E-state index is 0.0318. The lowest BCUT2D eigenvalue weighted by atomic mass is 10.0. The van der Waals surface area contributed by atoms with Gasteiger partial charge in [-0.2, -0.15) is 0 Å². The van der Waals surface area contributed by atoms with Crippen molar-refractivity contribution >= 4 is 17.6 Å². The first kappa shape index (κ1) is 13.7. The van der Waals surface area contributed by atoms with Gasteiger partial charge in [-0.05, 0) is 41.5 Å². The first-order valence-corrected chi connectivity index (χ1v) is 5.98. The molecule has 0 saturated heterocycles. The SMILES string of the molecule is COc1ccc(/C=C(\C(=O)O)c2cccc(O)c2)cc1. The molecule has 0 aliphatic heterocycles. The topological polar surface area (TPSA) is 66.8 Å². The van der Waals surface area contributed by atoms with Gasteiger partial charge in [0.05, 0.1) is 12.7 Å². The lowest BCUT2D eigenvalue weighted by Gasteiger charge is -2.05. The Balaban J connectivity index is 2.42. The van der Waals surface area contributed by atoms with Crippen LogP contribution in [0.15, 0.2) is 48.5 Å². The van der Waals surface area contributed by atoms with Gasteiger partial charge in [-0.15, -0.1) is 0 Å². The summed E-state index contributed by atoms with van der Waals surface area (Å²) in [5, 5.41) is 18.7. The van der Waals surface area contributed by atoms with Crippen molar-refractivity contribution in [2.24, 2.45) is 0 Å². The van der Waals surface area contributed by atoms with Crippen LogP contribution in [0.5, 0.6) is 11.5 Å². The Morgan fingerprint density at radius 3 is 2.40 bits per heavy atom. The van der Waals surface area contributed by atoms with E-state index in [1.54, 1.807) is 49.6 Å². The van der Waals surface area contributed by atoms with E-state index < -0.39 is 5.97 Å². The largest absolute Gasteiger partial charge is 0.508 e. The van der Waals surface area contributed by atoms with Crippen molar-refractivity contribution in [3.05, 3.63) is 59.7 Å². The smallest absolute Gasteiger partial charge is 0.336 e. The number of benzene rings is 2. The van der Waals surface area contributed by atoms with Crippen LogP contribution in [0.25, 0.3) is 11.6 Å². The molecular weight excluding hydrogens is 256 g/mol. The number of carboxylic acid groups (broad SMARTS) is 1. The molecule has 0 spiro atoms. The fraction of sp³-hybridized carbons (Fsp3) is 0.0625. The number of rotatable bonds is 4. The highest BCUT2D eigenvalue weighted by Crippen LogP contribution is 2.23. The Morgan fingerprint density at radius 1 is 1.15 bits per heavy atom. The van der Waals surface area contributed by atoms with Gasteiger partial charge in [0.15, 0.2) is 0 Å². The number of phenols is 1. The van der Waals surface area contributed by atoms with Crippen LogP contribution >= 0.6 is 0 Å². The van der Waals surface area contributed by atoms with E-state index in [9.17, 15) is 15.0 Å². The number of hydrogen-bond acceptors (Lipinski definition) is 3. The summed E-state index contributed by atoms with van der Waals surface area (Å²) in [6.07, 6.45) is 1.55. The Bertz CT molecular complexity index is 642. The van der Waals surface area contributed by atoms with E-state index in [2.05, 4.69) is 0 Å². The number of aromatic hydroxyl groups is 1. The molecule has 0 aromatic heterocycles. The minimum Gasteiger partial charge on any atom is -0.508 e. The molecule has 0 heterocycles. The third-order valence-corrected chi connectivity index (χ3v) is 2.81. The Kier molecular flexibility index (Phi) is 4.05. The maximum atomic E-state index is 11.4. The normalized spacial score (nSPS) is 11.2. The van der Waals surface area contributed by atoms with E-state index in [0.717, 1.165) is 5.56 Å². The van der Waals surface area contributed by atoms with Crippen LogP contribution in [-0.4, -0.2) is 23.3 Å². The van der Waals surface area contributed by atoms with E-state index in [0.29, 0.717) is 11.3 Å². The van der Waals surface area contributed by atoms with Crippen molar-refractivity contribution in [2.75, 3.05) is 7.11 Å². The molecule has 0 saturated carbocycles. The number of aliphatic carboxylic acids is 1. The predicted octanol–water partition coefficient (Wildman–Crippen LogP) is 3.03. The zero-order valence-electron chi connectivity index (χ0n) is 10.9. The molecule has 2 rings (SSSR count). The van der Waals surface area contributed by atoms with Crippen molar-refractivity contribution in [1.82, 2.24) is 0 Å². The van der Waals surface area contributed by atoms with E-state index >= 15 is 0 Å². The average molecular weight is 270 g/mol. The summed E-state index contributed by atoms with van der Waals surface area (Å²) >= 11 is 0. The second kappa shape index (κ2) is 5.93. The summed E-state index contributed by atoms with van der Waals surface area (Å²) in [7, 11) is 1.57. The van der Waals surface area contributed by atoms with Crippen LogP contribution in [0.4, 0.5) is 0 Å². The zero-order chi connectivity index (χ0) is 14.5. The zero-order valence-corrected chi connectivity index (χ0v) is 10.9. The van der Waals surface area contributed by atoms with Crippen molar-refractivity contribution in [3.8, 4) is 11.5 Å². The Labute approximate surface area is 116 Å². The molecule has 0 aliphatic rings. The molecule has 4 nitrogen and oxygen atoms in total. The molecule has 102 valence electrons. The molecule has 0 bridgehead atoms. The quantitative estimate of drug-likeness (QED) is 0.662.